The standard InChI is InChI=1S/C33H30ClN7O2/c1-2-3-8-27-35-26-17-18-40-30(31(42)28(33(40)43)22-13-15-23(34)16-14-22)29(26)41(27)19-20-9-11-21(12-10-20)24-6-4-5-7-25(24)32-36-38-39-37-32/h4-7,9-16,30,42H,2-3,8,17-19H2,1H3,(H,36,37,38,39). The number of aromatic nitrogens is 6. The molecule has 1 unspecified atom stereocenters. The molecule has 0 bridgehead atoms. The summed E-state index contributed by atoms with van der Waals surface area (Å²) in [6.45, 7) is 3.26. The summed E-state index contributed by atoms with van der Waals surface area (Å²) in [6.07, 6.45) is 3.53. The summed E-state index contributed by atoms with van der Waals surface area (Å²) >= 11 is 6.10. The van der Waals surface area contributed by atoms with E-state index in [-0.39, 0.29) is 11.7 Å². The van der Waals surface area contributed by atoms with Crippen LogP contribution >= 0.6 is 11.6 Å². The Morgan fingerprint density at radius 2 is 1.74 bits per heavy atom. The highest BCUT2D eigenvalue weighted by atomic mass is 35.5. The molecule has 2 N–H and O–H groups in total. The van der Waals surface area contributed by atoms with E-state index in [0.717, 1.165) is 58.7 Å². The number of fused-ring (bicyclic) bond motifs is 3. The minimum Gasteiger partial charge on any atom is -0.509 e. The molecule has 2 aromatic heterocycles. The highest BCUT2D eigenvalue weighted by Crippen LogP contribution is 2.45. The van der Waals surface area contributed by atoms with Crippen LogP contribution in [0.5, 0.6) is 0 Å². The van der Waals surface area contributed by atoms with Gasteiger partial charge in [-0.25, -0.2) is 4.98 Å². The number of rotatable bonds is 8. The van der Waals surface area contributed by atoms with Gasteiger partial charge in [-0.15, -0.1) is 10.2 Å². The first-order valence-corrected chi connectivity index (χ1v) is 14.9. The van der Waals surface area contributed by atoms with Crippen molar-refractivity contribution in [2.75, 3.05) is 6.54 Å². The van der Waals surface area contributed by atoms with Crippen molar-refractivity contribution in [3.05, 3.63) is 112 Å². The SMILES string of the molecule is CCCCc1nc2c(n1Cc1ccc(-c3ccccc3-c3nn[nH]n3)cc1)C1C(O)=C(c3ccc(Cl)cc3)C(=O)N1CC2. The molecular formula is C33H30ClN7O2. The first-order chi connectivity index (χ1) is 21.0. The van der Waals surface area contributed by atoms with E-state index in [1.807, 2.05) is 18.2 Å². The first kappa shape index (κ1) is 27.1. The average molecular weight is 592 g/mol. The Balaban J connectivity index is 1.26. The molecule has 3 aromatic carbocycles. The average Bonchev–Trinajstić information content (AvgIpc) is 3.75. The lowest BCUT2D eigenvalue weighted by molar-refractivity contribution is -0.126. The second-order valence-corrected chi connectivity index (χ2v) is 11.4. The quantitative estimate of drug-likeness (QED) is 0.223. The second kappa shape index (κ2) is 11.1. The Morgan fingerprint density at radius 3 is 2.47 bits per heavy atom. The Hall–Kier alpha value is -4.76. The smallest absolute Gasteiger partial charge is 0.258 e. The maximum Gasteiger partial charge on any atom is 0.258 e. The minimum absolute atomic E-state index is 0.0740. The fourth-order valence-electron chi connectivity index (χ4n) is 6.21. The maximum atomic E-state index is 13.6. The van der Waals surface area contributed by atoms with Gasteiger partial charge >= 0.3 is 0 Å². The van der Waals surface area contributed by atoms with Gasteiger partial charge in [0.05, 0.1) is 17.0 Å². The molecule has 4 heterocycles. The molecule has 0 radical (unpaired) electrons. The lowest BCUT2D eigenvalue weighted by atomic mass is 9.98. The molecule has 0 aliphatic carbocycles. The Kier molecular flexibility index (Phi) is 7.02. The van der Waals surface area contributed by atoms with E-state index in [1.54, 1.807) is 29.2 Å². The summed E-state index contributed by atoms with van der Waals surface area (Å²) in [6, 6.07) is 22.9. The van der Waals surface area contributed by atoms with Gasteiger partial charge < -0.3 is 14.6 Å². The van der Waals surface area contributed by atoms with Crippen molar-refractivity contribution in [3.8, 4) is 22.5 Å². The van der Waals surface area contributed by atoms with Crippen molar-refractivity contribution in [3.63, 3.8) is 0 Å². The number of unbranched alkanes of at least 4 members (excludes halogenated alkanes) is 1. The number of amides is 1. The molecule has 1 amide bonds. The van der Waals surface area contributed by atoms with Gasteiger partial charge in [-0.1, -0.05) is 85.6 Å². The number of tetrazole rings is 1. The third-order valence-corrected chi connectivity index (χ3v) is 8.57. The molecule has 9 nitrogen and oxygen atoms in total. The van der Waals surface area contributed by atoms with Gasteiger partial charge in [0.1, 0.15) is 17.6 Å². The number of H-pyrrole nitrogens is 1. The number of carbonyl (C=O) groups excluding carboxylic acids is 1. The molecule has 0 saturated carbocycles. The predicted octanol–water partition coefficient (Wildman–Crippen LogP) is 6.18. The minimum atomic E-state index is -0.564. The monoisotopic (exact) mass is 591 g/mol. The van der Waals surface area contributed by atoms with E-state index in [1.165, 1.54) is 0 Å². The number of aromatic amines is 1. The predicted molar refractivity (Wildman–Crippen MR) is 164 cm³/mol. The van der Waals surface area contributed by atoms with Gasteiger partial charge in [0.25, 0.3) is 5.91 Å². The summed E-state index contributed by atoms with van der Waals surface area (Å²) in [5.74, 6) is 1.44. The van der Waals surface area contributed by atoms with Crippen molar-refractivity contribution in [1.82, 2.24) is 35.1 Å². The lowest BCUT2D eigenvalue weighted by Crippen LogP contribution is -2.37. The molecule has 2 aliphatic rings. The zero-order chi connectivity index (χ0) is 29.5. The third kappa shape index (κ3) is 4.79. The van der Waals surface area contributed by atoms with Gasteiger partial charge in [0.2, 0.25) is 5.82 Å². The number of benzene rings is 3. The van der Waals surface area contributed by atoms with Crippen LogP contribution < -0.4 is 0 Å². The van der Waals surface area contributed by atoms with Crippen LogP contribution in [0.4, 0.5) is 0 Å². The Morgan fingerprint density at radius 1 is 1.00 bits per heavy atom. The highest BCUT2D eigenvalue weighted by molar-refractivity contribution is 6.30. The van der Waals surface area contributed by atoms with Gasteiger partial charge in [0.15, 0.2) is 0 Å². The zero-order valence-corrected chi connectivity index (χ0v) is 24.4. The Bertz CT molecular complexity index is 1830. The molecule has 2 aliphatic heterocycles. The van der Waals surface area contributed by atoms with E-state index >= 15 is 0 Å². The summed E-state index contributed by atoms with van der Waals surface area (Å²) in [7, 11) is 0. The summed E-state index contributed by atoms with van der Waals surface area (Å²) < 4.78 is 2.22. The van der Waals surface area contributed by atoms with Crippen molar-refractivity contribution in [2.45, 2.75) is 45.2 Å². The van der Waals surface area contributed by atoms with Crippen LogP contribution in [0.1, 0.15) is 54.1 Å². The largest absolute Gasteiger partial charge is 0.509 e. The van der Waals surface area contributed by atoms with E-state index < -0.39 is 6.04 Å². The Labute approximate surface area is 253 Å². The molecule has 1 atom stereocenters. The van der Waals surface area contributed by atoms with Crippen molar-refractivity contribution in [2.24, 2.45) is 0 Å². The van der Waals surface area contributed by atoms with E-state index in [2.05, 4.69) is 62.4 Å². The van der Waals surface area contributed by atoms with E-state index in [0.29, 0.717) is 41.5 Å². The van der Waals surface area contributed by atoms with Crippen LogP contribution in [0.25, 0.3) is 28.1 Å². The van der Waals surface area contributed by atoms with Crippen LogP contribution in [0.3, 0.4) is 0 Å². The fraction of sp³-hybridized carbons (Fsp3) is 0.242. The number of aryl methyl sites for hydroxylation is 1. The number of imidazole rings is 1. The van der Waals surface area contributed by atoms with E-state index in [9.17, 15) is 9.90 Å². The number of hydrogen-bond donors (Lipinski definition) is 2. The second-order valence-electron chi connectivity index (χ2n) is 10.9. The summed E-state index contributed by atoms with van der Waals surface area (Å²) in [5, 5.41) is 26.8. The van der Waals surface area contributed by atoms with Crippen LogP contribution in [0.2, 0.25) is 5.02 Å². The zero-order valence-electron chi connectivity index (χ0n) is 23.7. The van der Waals surface area contributed by atoms with Crippen LogP contribution in [0.15, 0.2) is 78.6 Å². The van der Waals surface area contributed by atoms with Crippen molar-refractivity contribution < 1.29 is 9.90 Å². The van der Waals surface area contributed by atoms with Crippen molar-refractivity contribution in [1.29, 1.82) is 0 Å². The van der Waals surface area contributed by atoms with E-state index in [4.69, 9.17) is 16.6 Å². The summed E-state index contributed by atoms with van der Waals surface area (Å²) in [5.41, 5.74) is 6.92. The van der Waals surface area contributed by atoms with Crippen LogP contribution in [-0.2, 0) is 24.2 Å². The molecule has 216 valence electrons. The first-order valence-electron chi connectivity index (χ1n) is 14.5. The topological polar surface area (TPSA) is 113 Å². The molecule has 43 heavy (non-hydrogen) atoms. The van der Waals surface area contributed by atoms with Crippen LogP contribution in [-0.4, -0.2) is 52.6 Å². The van der Waals surface area contributed by atoms with Gasteiger partial charge in [-0.05, 0) is 46.0 Å². The highest BCUT2D eigenvalue weighted by Gasteiger charge is 2.46. The fourth-order valence-corrected chi connectivity index (χ4v) is 6.34. The number of aliphatic hydroxyl groups is 1. The number of carbonyl (C=O) groups is 1. The number of hydrogen-bond acceptors (Lipinski definition) is 6. The lowest BCUT2D eigenvalue weighted by Gasteiger charge is -2.31. The van der Waals surface area contributed by atoms with Crippen LogP contribution in [0, 0.1) is 0 Å². The number of aliphatic hydroxyl groups excluding tert-OH is 1. The van der Waals surface area contributed by atoms with Gasteiger partial charge in [-0.2, -0.15) is 5.21 Å². The van der Waals surface area contributed by atoms with Crippen molar-refractivity contribution >= 4 is 23.1 Å². The summed E-state index contributed by atoms with van der Waals surface area (Å²) in [4.78, 5) is 20.5. The molecule has 0 spiro atoms. The molecule has 7 rings (SSSR count). The van der Waals surface area contributed by atoms with Gasteiger partial charge in [0, 0.05) is 36.5 Å². The van der Waals surface area contributed by atoms with Gasteiger partial charge in [-0.3, -0.25) is 4.79 Å². The molecule has 5 aromatic rings. The molecule has 0 saturated heterocycles. The third-order valence-electron chi connectivity index (χ3n) is 8.32. The maximum absolute atomic E-state index is 13.6. The normalized spacial score (nSPS) is 16.1. The molecular weight excluding hydrogens is 562 g/mol. The number of halogens is 1. The molecule has 10 heteroatoms. The molecule has 0 fully saturated rings. The number of nitrogens with zero attached hydrogens (tertiary/aromatic N) is 6. The number of nitrogens with one attached hydrogen (secondary N) is 1.